The van der Waals surface area contributed by atoms with Crippen molar-refractivity contribution >= 4 is 29.0 Å². The smallest absolute Gasteiger partial charge is 0.218 e. The summed E-state index contributed by atoms with van der Waals surface area (Å²) in [6, 6.07) is 0. The second-order valence-electron chi connectivity index (χ2n) is 2.56. The van der Waals surface area contributed by atoms with Crippen LogP contribution >= 0.6 is 11.6 Å². The van der Waals surface area contributed by atoms with Crippen LogP contribution in [0.15, 0.2) is 0 Å². The van der Waals surface area contributed by atoms with Gasteiger partial charge in [-0.05, 0) is 6.92 Å². The number of rotatable bonds is 1. The summed E-state index contributed by atoms with van der Waals surface area (Å²) in [4.78, 5) is 30.9. The summed E-state index contributed by atoms with van der Waals surface area (Å²) in [5.41, 5.74) is 0. The molecule has 0 aromatic carbocycles. The molecule has 1 fully saturated rings. The van der Waals surface area contributed by atoms with Crippen molar-refractivity contribution < 1.29 is 14.4 Å². The molecule has 1 saturated carbocycles. The Kier molecular flexibility index (Phi) is 1.84. The van der Waals surface area contributed by atoms with Gasteiger partial charge in [-0.3, -0.25) is 14.4 Å². The first-order valence-electron chi connectivity index (χ1n) is 3.26. The second-order valence-corrected chi connectivity index (χ2v) is 3.13. The van der Waals surface area contributed by atoms with Gasteiger partial charge in [0.05, 0.1) is 0 Å². The molecule has 0 radical (unpaired) electrons. The van der Waals surface area contributed by atoms with Crippen LogP contribution in [0.25, 0.3) is 0 Å². The molecule has 1 aliphatic carbocycles. The summed E-state index contributed by atoms with van der Waals surface area (Å²) < 4.78 is 0. The molecule has 0 atom stereocenters. The third kappa shape index (κ3) is 0.997. The van der Waals surface area contributed by atoms with Crippen LogP contribution in [0.4, 0.5) is 0 Å². The van der Waals surface area contributed by atoms with Crippen molar-refractivity contribution in [2.24, 2.45) is 0 Å². The maximum absolute atomic E-state index is 11.0. The average molecular weight is 175 g/mol. The highest BCUT2D eigenvalue weighted by Crippen LogP contribution is 2.29. The number of alkyl halides is 1. The van der Waals surface area contributed by atoms with Crippen molar-refractivity contribution in [1.82, 2.24) is 0 Å². The van der Waals surface area contributed by atoms with Crippen LogP contribution in [0.3, 0.4) is 0 Å². The number of hydrogen-bond acceptors (Lipinski definition) is 3. The Morgan fingerprint density at radius 1 is 1.36 bits per heavy atom. The van der Waals surface area contributed by atoms with Gasteiger partial charge in [-0.2, -0.15) is 0 Å². The Balaban J connectivity index is 3.08. The van der Waals surface area contributed by atoms with Crippen molar-refractivity contribution in [1.29, 1.82) is 0 Å². The summed E-state index contributed by atoms with van der Waals surface area (Å²) in [7, 11) is 0. The van der Waals surface area contributed by atoms with Gasteiger partial charge in [-0.15, -0.1) is 0 Å². The molecule has 1 rings (SSSR count). The zero-order valence-electron chi connectivity index (χ0n) is 6.02. The zero-order chi connectivity index (χ0) is 8.65. The minimum atomic E-state index is -1.83. The van der Waals surface area contributed by atoms with Gasteiger partial charge in [0.25, 0.3) is 0 Å². The quantitative estimate of drug-likeness (QED) is 0.429. The summed E-state index contributed by atoms with van der Waals surface area (Å²) in [6.45, 7) is 1.16. The monoisotopic (exact) mass is 174 g/mol. The number of hydrogen-bond donors (Lipinski definition) is 0. The number of halogens is 1. The van der Waals surface area contributed by atoms with Crippen LogP contribution in [0.2, 0.25) is 0 Å². The fourth-order valence-corrected chi connectivity index (χ4v) is 1.31. The summed E-state index contributed by atoms with van der Waals surface area (Å²) in [6.07, 6.45) is 0.198. The summed E-state index contributed by atoms with van der Waals surface area (Å²) >= 11 is 5.56. The molecule has 4 heteroatoms. The molecule has 11 heavy (non-hydrogen) atoms. The predicted molar refractivity (Wildman–Crippen MR) is 38.5 cm³/mol. The molecule has 0 amide bonds. The van der Waals surface area contributed by atoms with Crippen LogP contribution in [-0.4, -0.2) is 22.2 Å². The van der Waals surface area contributed by atoms with Crippen molar-refractivity contribution in [2.75, 3.05) is 0 Å². The third-order valence-electron chi connectivity index (χ3n) is 1.83. The Morgan fingerprint density at radius 2 is 1.73 bits per heavy atom. The lowest BCUT2D eigenvalue weighted by Crippen LogP contribution is -2.41. The molecule has 0 aromatic rings. The van der Waals surface area contributed by atoms with E-state index in [4.69, 9.17) is 11.6 Å². The van der Waals surface area contributed by atoms with Crippen LogP contribution in [0.1, 0.15) is 19.8 Å². The van der Waals surface area contributed by atoms with Crippen molar-refractivity contribution in [3.63, 3.8) is 0 Å². The first-order chi connectivity index (χ1) is 4.99. The molecule has 0 bridgehead atoms. The van der Waals surface area contributed by atoms with E-state index in [1.165, 1.54) is 0 Å². The van der Waals surface area contributed by atoms with Crippen molar-refractivity contribution in [2.45, 2.75) is 24.6 Å². The SMILES string of the molecule is CC(=O)C1(Cl)C(=O)CCC1=O. The lowest BCUT2D eigenvalue weighted by Gasteiger charge is -2.11. The summed E-state index contributed by atoms with van der Waals surface area (Å²) in [5, 5.41) is 0. The fraction of sp³-hybridized carbons (Fsp3) is 0.571. The lowest BCUT2D eigenvalue weighted by atomic mass is 10.0. The highest BCUT2D eigenvalue weighted by molar-refractivity contribution is 6.59. The van der Waals surface area contributed by atoms with Gasteiger partial charge in [0.15, 0.2) is 17.3 Å². The number of carbonyl (C=O) groups excluding carboxylic acids is 3. The van der Waals surface area contributed by atoms with Crippen molar-refractivity contribution in [3.8, 4) is 0 Å². The molecule has 0 spiro atoms. The Labute approximate surface area is 68.7 Å². The maximum Gasteiger partial charge on any atom is 0.218 e. The fourth-order valence-electron chi connectivity index (χ4n) is 1.12. The number of carbonyl (C=O) groups is 3. The van der Waals surface area contributed by atoms with Gasteiger partial charge < -0.3 is 0 Å². The first-order valence-corrected chi connectivity index (χ1v) is 3.64. The van der Waals surface area contributed by atoms with E-state index < -0.39 is 22.2 Å². The Morgan fingerprint density at radius 3 is 1.91 bits per heavy atom. The Bertz CT molecular complexity index is 228. The van der Waals surface area contributed by atoms with Crippen LogP contribution < -0.4 is 0 Å². The van der Waals surface area contributed by atoms with E-state index in [0.717, 1.165) is 6.92 Å². The molecule has 0 aromatic heterocycles. The zero-order valence-corrected chi connectivity index (χ0v) is 6.77. The predicted octanol–water partition coefficient (Wildman–Crippen LogP) is 0.485. The topological polar surface area (TPSA) is 51.2 Å². The standard InChI is InChI=1S/C7H7ClO3/c1-4(9)7(8)5(10)2-3-6(7)11/h2-3H2,1H3. The minimum absolute atomic E-state index is 0.0991. The van der Waals surface area contributed by atoms with Crippen LogP contribution in [0, 0.1) is 0 Å². The normalized spacial score (nSPS) is 22.4. The van der Waals surface area contributed by atoms with Gasteiger partial charge in [0.2, 0.25) is 4.87 Å². The van der Waals surface area contributed by atoms with Gasteiger partial charge in [0, 0.05) is 12.8 Å². The summed E-state index contributed by atoms with van der Waals surface area (Å²) in [5.74, 6) is -1.49. The lowest BCUT2D eigenvalue weighted by molar-refractivity contribution is -0.133. The Hall–Kier alpha value is -0.700. The highest BCUT2D eigenvalue weighted by Gasteiger charge is 2.51. The first kappa shape index (κ1) is 8.40. The van der Waals surface area contributed by atoms with Crippen LogP contribution in [-0.2, 0) is 14.4 Å². The largest absolute Gasteiger partial charge is 0.297 e. The molecular formula is C7H7ClO3. The molecule has 60 valence electrons. The minimum Gasteiger partial charge on any atom is -0.297 e. The van der Waals surface area contributed by atoms with Crippen molar-refractivity contribution in [3.05, 3.63) is 0 Å². The molecule has 0 saturated heterocycles. The highest BCUT2D eigenvalue weighted by atomic mass is 35.5. The molecule has 0 heterocycles. The number of ketones is 3. The second kappa shape index (κ2) is 2.41. The maximum atomic E-state index is 11.0. The molecular weight excluding hydrogens is 168 g/mol. The molecule has 3 nitrogen and oxygen atoms in total. The van der Waals surface area contributed by atoms with E-state index in [0.29, 0.717) is 0 Å². The van der Waals surface area contributed by atoms with Gasteiger partial charge >= 0.3 is 0 Å². The van der Waals surface area contributed by atoms with E-state index in [-0.39, 0.29) is 12.8 Å². The van der Waals surface area contributed by atoms with E-state index in [9.17, 15) is 14.4 Å². The molecule has 0 unspecified atom stereocenters. The number of Topliss-reactive ketones (excluding diaryl/α,β-unsaturated/α-hetero) is 3. The van der Waals surface area contributed by atoms with E-state index in [1.807, 2.05) is 0 Å². The molecule has 1 aliphatic rings. The van der Waals surface area contributed by atoms with E-state index in [2.05, 4.69) is 0 Å². The van der Waals surface area contributed by atoms with Gasteiger partial charge in [0.1, 0.15) is 0 Å². The third-order valence-corrected chi connectivity index (χ3v) is 2.52. The van der Waals surface area contributed by atoms with Gasteiger partial charge in [-0.25, -0.2) is 0 Å². The molecule has 0 N–H and O–H groups in total. The van der Waals surface area contributed by atoms with Crippen LogP contribution in [0.5, 0.6) is 0 Å². The van der Waals surface area contributed by atoms with Gasteiger partial charge in [-0.1, -0.05) is 11.6 Å². The van der Waals surface area contributed by atoms with E-state index in [1.54, 1.807) is 0 Å². The molecule has 0 aliphatic heterocycles. The van der Waals surface area contributed by atoms with E-state index >= 15 is 0 Å². The average Bonchev–Trinajstić information content (AvgIpc) is 2.18.